The molecule has 3 aromatic heterocycles. The summed E-state index contributed by atoms with van der Waals surface area (Å²) in [4.78, 5) is 22.7. The fraction of sp³-hybridized carbons (Fsp3) is 0.0769. The highest BCUT2D eigenvalue weighted by Gasteiger charge is 2.16. The Balaban J connectivity index is 1.67. The fourth-order valence-corrected chi connectivity index (χ4v) is 1.95. The van der Waals surface area contributed by atoms with Crippen LogP contribution in [-0.4, -0.2) is 31.2 Å². The number of nitrogens with one attached hydrogen (secondary N) is 4. The van der Waals surface area contributed by atoms with Crippen molar-refractivity contribution in [2.24, 2.45) is 0 Å². The van der Waals surface area contributed by atoms with Gasteiger partial charge in [0.15, 0.2) is 5.82 Å². The van der Waals surface area contributed by atoms with Gasteiger partial charge in [-0.2, -0.15) is 5.10 Å². The summed E-state index contributed by atoms with van der Waals surface area (Å²) < 4.78 is 0. The van der Waals surface area contributed by atoms with Crippen LogP contribution in [0.4, 0.5) is 16.4 Å². The lowest BCUT2D eigenvalue weighted by Gasteiger charge is -2.07. The number of carbonyl (C=O) groups excluding carboxylic acids is 1. The predicted octanol–water partition coefficient (Wildman–Crippen LogP) is 1.10. The Bertz CT molecular complexity index is 750. The van der Waals surface area contributed by atoms with Crippen LogP contribution in [0.15, 0.2) is 37.1 Å². The summed E-state index contributed by atoms with van der Waals surface area (Å²) in [6.45, 7) is 0.383. The van der Waals surface area contributed by atoms with Crippen molar-refractivity contribution in [3.05, 3.63) is 42.6 Å². The van der Waals surface area contributed by atoms with Crippen molar-refractivity contribution in [2.75, 3.05) is 11.1 Å². The summed E-state index contributed by atoms with van der Waals surface area (Å²) in [5, 5.41) is 12.0. The van der Waals surface area contributed by atoms with E-state index in [9.17, 15) is 4.79 Å². The molecule has 0 atom stereocenters. The van der Waals surface area contributed by atoms with Gasteiger partial charge >= 0.3 is 6.03 Å². The molecule has 0 saturated carbocycles. The van der Waals surface area contributed by atoms with Gasteiger partial charge in [-0.15, -0.1) is 0 Å². The number of urea groups is 1. The average Bonchev–Trinajstić information content (AvgIpc) is 3.16. The Morgan fingerprint density at radius 3 is 2.82 bits per heavy atom. The third-order valence-electron chi connectivity index (χ3n) is 3.00. The molecule has 2 amide bonds. The molecule has 6 N–H and O–H groups in total. The van der Waals surface area contributed by atoms with Crippen LogP contribution < -0.4 is 16.4 Å². The van der Waals surface area contributed by atoms with Gasteiger partial charge in [-0.25, -0.2) is 9.78 Å². The van der Waals surface area contributed by atoms with Crippen LogP contribution in [0.5, 0.6) is 0 Å². The van der Waals surface area contributed by atoms with Crippen molar-refractivity contribution in [3.63, 3.8) is 0 Å². The number of nitrogen functional groups attached to an aromatic ring is 1. The van der Waals surface area contributed by atoms with Crippen LogP contribution in [0.1, 0.15) is 5.56 Å². The summed E-state index contributed by atoms with van der Waals surface area (Å²) in [5.41, 5.74) is 8.00. The maximum Gasteiger partial charge on any atom is 0.320 e. The molecule has 0 aromatic carbocycles. The predicted molar refractivity (Wildman–Crippen MR) is 80.7 cm³/mol. The standard InChI is InChI=1S/C13H14N8O/c14-11-10(9-6-16-7-18-9)12(21-20-11)19-13(22)17-5-8-1-3-15-4-2-8/h1-4,6-7H,5H2,(H,16,18)(H5,14,17,19,20,21,22). The van der Waals surface area contributed by atoms with Crippen LogP contribution in [-0.2, 0) is 6.54 Å². The molecule has 3 rings (SSSR count). The molecule has 0 radical (unpaired) electrons. The molecule has 3 aromatic rings. The maximum atomic E-state index is 12.0. The molecule has 0 aliphatic carbocycles. The molecule has 0 bridgehead atoms. The lowest BCUT2D eigenvalue weighted by atomic mass is 10.2. The van der Waals surface area contributed by atoms with Crippen molar-refractivity contribution in [1.29, 1.82) is 0 Å². The van der Waals surface area contributed by atoms with Crippen molar-refractivity contribution in [3.8, 4) is 11.3 Å². The average molecular weight is 298 g/mol. The van der Waals surface area contributed by atoms with Gasteiger partial charge in [0.05, 0.1) is 23.8 Å². The summed E-state index contributed by atoms with van der Waals surface area (Å²) in [7, 11) is 0. The number of aromatic amines is 2. The van der Waals surface area contributed by atoms with Gasteiger partial charge in [0.2, 0.25) is 0 Å². The van der Waals surface area contributed by atoms with E-state index in [0.29, 0.717) is 29.4 Å². The number of aromatic nitrogens is 5. The third kappa shape index (κ3) is 2.87. The molecule has 0 aliphatic rings. The SMILES string of the molecule is Nc1[nH]nc(NC(=O)NCc2ccncc2)c1-c1cnc[nH]1. The topological polar surface area (TPSA) is 137 Å². The van der Waals surface area contributed by atoms with Crippen LogP contribution in [0.25, 0.3) is 11.3 Å². The Hall–Kier alpha value is -3.36. The molecular formula is C13H14N8O. The number of carbonyl (C=O) groups is 1. The second-order valence-corrected chi connectivity index (χ2v) is 4.49. The molecule has 22 heavy (non-hydrogen) atoms. The van der Waals surface area contributed by atoms with E-state index in [4.69, 9.17) is 5.73 Å². The van der Waals surface area contributed by atoms with E-state index in [0.717, 1.165) is 5.56 Å². The number of hydrogen-bond acceptors (Lipinski definition) is 5. The molecule has 0 unspecified atom stereocenters. The number of amides is 2. The number of nitrogens with two attached hydrogens (primary N) is 1. The minimum Gasteiger partial charge on any atom is -0.383 e. The lowest BCUT2D eigenvalue weighted by molar-refractivity contribution is 0.251. The fourth-order valence-electron chi connectivity index (χ4n) is 1.95. The zero-order chi connectivity index (χ0) is 15.4. The van der Waals surface area contributed by atoms with Crippen molar-refractivity contribution in [2.45, 2.75) is 6.54 Å². The first-order valence-corrected chi connectivity index (χ1v) is 6.50. The van der Waals surface area contributed by atoms with Gasteiger partial charge in [-0.05, 0) is 17.7 Å². The van der Waals surface area contributed by atoms with Gasteiger partial charge in [0, 0.05) is 18.9 Å². The van der Waals surface area contributed by atoms with Crippen LogP contribution in [0.2, 0.25) is 0 Å². The highest BCUT2D eigenvalue weighted by molar-refractivity contribution is 5.94. The Morgan fingerprint density at radius 2 is 2.09 bits per heavy atom. The van der Waals surface area contributed by atoms with Gasteiger partial charge in [0.25, 0.3) is 0 Å². The smallest absolute Gasteiger partial charge is 0.320 e. The first kappa shape index (κ1) is 13.6. The second-order valence-electron chi connectivity index (χ2n) is 4.49. The normalized spacial score (nSPS) is 10.4. The summed E-state index contributed by atoms with van der Waals surface area (Å²) >= 11 is 0. The third-order valence-corrected chi connectivity index (χ3v) is 3.00. The minimum absolute atomic E-state index is 0.328. The Labute approximate surface area is 125 Å². The van der Waals surface area contributed by atoms with E-state index in [-0.39, 0.29) is 6.03 Å². The number of hydrogen-bond donors (Lipinski definition) is 5. The van der Waals surface area contributed by atoms with Gasteiger partial charge < -0.3 is 16.0 Å². The van der Waals surface area contributed by atoms with E-state index in [2.05, 4.69) is 35.8 Å². The number of H-pyrrole nitrogens is 2. The molecule has 3 heterocycles. The highest BCUT2D eigenvalue weighted by atomic mass is 16.2. The number of rotatable bonds is 4. The van der Waals surface area contributed by atoms with E-state index in [1.807, 2.05) is 12.1 Å². The van der Waals surface area contributed by atoms with Gasteiger partial charge in [-0.3, -0.25) is 15.4 Å². The first-order chi connectivity index (χ1) is 10.7. The highest BCUT2D eigenvalue weighted by Crippen LogP contribution is 2.29. The summed E-state index contributed by atoms with van der Waals surface area (Å²) in [6, 6.07) is 3.26. The summed E-state index contributed by atoms with van der Waals surface area (Å²) in [6.07, 6.45) is 6.45. The monoisotopic (exact) mass is 298 g/mol. The number of pyridine rings is 1. The lowest BCUT2D eigenvalue weighted by Crippen LogP contribution is -2.28. The molecule has 0 aliphatic heterocycles. The molecule has 9 nitrogen and oxygen atoms in total. The summed E-state index contributed by atoms with van der Waals surface area (Å²) in [5.74, 6) is 0.669. The maximum absolute atomic E-state index is 12.0. The molecule has 112 valence electrons. The quantitative estimate of drug-likeness (QED) is 0.491. The van der Waals surface area contributed by atoms with E-state index >= 15 is 0 Å². The molecule has 0 spiro atoms. The van der Waals surface area contributed by atoms with Crippen molar-refractivity contribution < 1.29 is 4.79 Å². The van der Waals surface area contributed by atoms with Crippen LogP contribution in [0.3, 0.4) is 0 Å². The van der Waals surface area contributed by atoms with Crippen LogP contribution >= 0.6 is 0 Å². The number of anilines is 2. The van der Waals surface area contributed by atoms with E-state index < -0.39 is 0 Å². The van der Waals surface area contributed by atoms with Gasteiger partial charge in [-0.1, -0.05) is 0 Å². The molecular weight excluding hydrogens is 284 g/mol. The number of nitrogens with zero attached hydrogens (tertiary/aromatic N) is 3. The zero-order valence-electron chi connectivity index (χ0n) is 11.5. The van der Waals surface area contributed by atoms with Crippen molar-refractivity contribution in [1.82, 2.24) is 30.5 Å². The zero-order valence-corrected chi connectivity index (χ0v) is 11.5. The van der Waals surface area contributed by atoms with E-state index in [1.54, 1.807) is 18.6 Å². The second kappa shape index (κ2) is 5.95. The Kier molecular flexibility index (Phi) is 3.69. The first-order valence-electron chi connectivity index (χ1n) is 6.50. The largest absolute Gasteiger partial charge is 0.383 e. The van der Waals surface area contributed by atoms with Gasteiger partial charge in [0.1, 0.15) is 5.82 Å². The number of imidazole rings is 1. The molecule has 9 heteroatoms. The van der Waals surface area contributed by atoms with E-state index in [1.165, 1.54) is 6.33 Å². The Morgan fingerprint density at radius 1 is 1.27 bits per heavy atom. The van der Waals surface area contributed by atoms with Crippen molar-refractivity contribution >= 4 is 17.7 Å². The minimum atomic E-state index is -0.385. The van der Waals surface area contributed by atoms with Crippen LogP contribution in [0, 0.1) is 0 Å². The molecule has 0 saturated heterocycles. The molecule has 0 fully saturated rings.